The summed E-state index contributed by atoms with van der Waals surface area (Å²) < 4.78 is 58.9. The molecule has 0 spiro atoms. The lowest BCUT2D eigenvalue weighted by molar-refractivity contribution is -0.301. The number of hydrogen-bond donors (Lipinski definition) is 4. The molecule has 6 unspecified atom stereocenters. The third-order valence-corrected chi connectivity index (χ3v) is 10.00. The molecule has 0 aliphatic carbocycles. The second-order valence-corrected chi connectivity index (χ2v) is 16.0. The Morgan fingerprint density at radius 2 is 1.15 bits per heavy atom. The van der Waals surface area contributed by atoms with Crippen molar-refractivity contribution in [3.63, 3.8) is 0 Å². The highest BCUT2D eigenvalue weighted by Crippen LogP contribution is 2.26. The van der Waals surface area contributed by atoms with Crippen molar-refractivity contribution in [3.05, 3.63) is 85.1 Å². The molecule has 6 atom stereocenters. The zero-order chi connectivity index (χ0) is 43.9. The molecule has 1 saturated heterocycles. The predicted molar refractivity (Wildman–Crippen MR) is 239 cm³/mol. The molecule has 0 saturated carbocycles. The molecule has 0 bridgehead atoms. The molecule has 344 valence electrons. The molecule has 60 heavy (non-hydrogen) atoms. The first-order chi connectivity index (χ1) is 29.1. The third-order valence-electron chi connectivity index (χ3n) is 9.53. The number of esters is 1. The molecule has 0 aromatic heterocycles. The predicted octanol–water partition coefficient (Wildman–Crippen LogP) is 9.29. The second-order valence-electron chi connectivity index (χ2n) is 14.9. The normalized spacial score (nSPS) is 21.1. The van der Waals surface area contributed by atoms with E-state index in [0.29, 0.717) is 13.0 Å². The molecule has 1 rings (SSSR count). The van der Waals surface area contributed by atoms with Gasteiger partial charge in [-0.1, -0.05) is 150 Å². The standard InChI is InChI=1S/C47H78O12S/c1-3-5-7-9-11-13-15-17-19-20-21-23-25-27-29-31-33-35-37-55-39-41(40-56-47-45(51)46(59-60(52,53)54)44(50)42(38-48)58-47)57-43(49)36-34-32-30-28-26-24-22-18-16-14-12-10-8-6-4-2/h6,8,11-14,17-19,22,26,28,32,34,41-42,44-48,50-51H,3-5,7,9-10,15-16,20-21,23-25,27,29-31,33,35-40H2,1-2H3,(H,52,53,54)/b8-6-,13-11-,14-12-,19-17-,22-18-,28-26-,34-32-. The number of unbranched alkanes of at least 4 members (excludes halogenated alkanes) is 11. The van der Waals surface area contributed by atoms with Gasteiger partial charge in [0.15, 0.2) is 6.29 Å². The molecule has 12 nitrogen and oxygen atoms in total. The van der Waals surface area contributed by atoms with Crippen LogP contribution in [0.25, 0.3) is 0 Å². The van der Waals surface area contributed by atoms with Crippen LogP contribution in [0.5, 0.6) is 0 Å². The Balaban J connectivity index is 2.50. The summed E-state index contributed by atoms with van der Waals surface area (Å²) >= 11 is 0. The van der Waals surface area contributed by atoms with Gasteiger partial charge in [0.2, 0.25) is 0 Å². The van der Waals surface area contributed by atoms with Crippen LogP contribution >= 0.6 is 0 Å². The van der Waals surface area contributed by atoms with Crippen LogP contribution in [0.15, 0.2) is 85.1 Å². The zero-order valence-corrected chi connectivity index (χ0v) is 37.3. The first-order valence-corrected chi connectivity index (χ1v) is 23.7. The summed E-state index contributed by atoms with van der Waals surface area (Å²) in [6.45, 7) is 3.69. The first kappa shape index (κ1) is 55.3. The van der Waals surface area contributed by atoms with Crippen LogP contribution in [0.4, 0.5) is 0 Å². The van der Waals surface area contributed by atoms with Crippen molar-refractivity contribution in [1.82, 2.24) is 0 Å². The number of aliphatic hydroxyl groups excluding tert-OH is 3. The van der Waals surface area contributed by atoms with Gasteiger partial charge in [0.1, 0.15) is 30.5 Å². The number of rotatable bonds is 37. The zero-order valence-electron chi connectivity index (χ0n) is 36.5. The molecular formula is C47H78O12S. The van der Waals surface area contributed by atoms with Crippen LogP contribution < -0.4 is 0 Å². The number of allylic oxidation sites excluding steroid dienone is 13. The molecule has 13 heteroatoms. The summed E-state index contributed by atoms with van der Waals surface area (Å²) in [5, 5.41) is 30.6. The SMILES string of the molecule is CC/C=C\C/C=C\C/C=C\C/C=C\C/C=C\CC(=O)OC(COCCCCCCCCCC/C=C\C/C=C\CCCCC)COC1OC(CO)C(O)C(OS(=O)(=O)O)C1O. The smallest absolute Gasteiger partial charge is 0.397 e. The Morgan fingerprint density at radius 1 is 0.650 bits per heavy atom. The van der Waals surface area contributed by atoms with E-state index in [1.54, 1.807) is 6.08 Å². The van der Waals surface area contributed by atoms with Crippen molar-refractivity contribution >= 4 is 16.4 Å². The van der Waals surface area contributed by atoms with Gasteiger partial charge < -0.3 is 34.3 Å². The second kappa shape index (κ2) is 38.0. The fraction of sp³-hybridized carbons (Fsp3) is 0.681. The Hall–Kier alpha value is -2.72. The van der Waals surface area contributed by atoms with Gasteiger partial charge >= 0.3 is 16.4 Å². The Labute approximate surface area is 362 Å². The van der Waals surface area contributed by atoms with Gasteiger partial charge in [-0.05, 0) is 70.6 Å². The van der Waals surface area contributed by atoms with Crippen LogP contribution in [-0.2, 0) is 38.3 Å². The van der Waals surface area contributed by atoms with Gasteiger partial charge in [0.05, 0.1) is 26.2 Å². The molecule has 0 radical (unpaired) electrons. The summed E-state index contributed by atoms with van der Waals surface area (Å²) in [6, 6.07) is 0. The fourth-order valence-electron chi connectivity index (χ4n) is 6.19. The van der Waals surface area contributed by atoms with Crippen molar-refractivity contribution in [3.8, 4) is 0 Å². The third kappa shape index (κ3) is 31.2. The molecular weight excluding hydrogens is 789 g/mol. The van der Waals surface area contributed by atoms with E-state index in [4.69, 9.17) is 23.5 Å². The number of carbonyl (C=O) groups excluding carboxylic acids is 1. The number of ether oxygens (including phenoxy) is 4. The lowest BCUT2D eigenvalue weighted by Gasteiger charge is -2.41. The van der Waals surface area contributed by atoms with Crippen LogP contribution in [-0.4, -0.2) is 97.5 Å². The monoisotopic (exact) mass is 867 g/mol. The lowest BCUT2D eigenvalue weighted by atomic mass is 9.99. The van der Waals surface area contributed by atoms with Crippen molar-refractivity contribution in [2.75, 3.05) is 26.4 Å². The van der Waals surface area contributed by atoms with Crippen molar-refractivity contribution in [2.24, 2.45) is 0 Å². The van der Waals surface area contributed by atoms with E-state index in [9.17, 15) is 28.5 Å². The molecule has 1 heterocycles. The van der Waals surface area contributed by atoms with Crippen molar-refractivity contribution < 1.29 is 56.2 Å². The first-order valence-electron chi connectivity index (χ1n) is 22.3. The van der Waals surface area contributed by atoms with E-state index < -0.39 is 59.8 Å². The quantitative estimate of drug-likeness (QED) is 0.0202. The highest BCUT2D eigenvalue weighted by molar-refractivity contribution is 7.80. The molecule has 0 aromatic carbocycles. The minimum atomic E-state index is -5.08. The Morgan fingerprint density at radius 3 is 1.68 bits per heavy atom. The van der Waals surface area contributed by atoms with E-state index in [1.165, 1.54) is 51.4 Å². The van der Waals surface area contributed by atoms with E-state index in [2.05, 4.69) is 84.9 Å². The maximum atomic E-state index is 12.8. The van der Waals surface area contributed by atoms with E-state index >= 15 is 0 Å². The highest BCUT2D eigenvalue weighted by atomic mass is 32.3. The molecule has 1 aliphatic heterocycles. The minimum absolute atomic E-state index is 0.00315. The van der Waals surface area contributed by atoms with E-state index in [-0.39, 0.29) is 19.6 Å². The lowest BCUT2D eigenvalue weighted by Crippen LogP contribution is -2.60. The van der Waals surface area contributed by atoms with Crippen molar-refractivity contribution in [1.29, 1.82) is 0 Å². The van der Waals surface area contributed by atoms with Gasteiger partial charge in [-0.2, -0.15) is 8.42 Å². The molecule has 4 N–H and O–H groups in total. The number of carbonyl (C=O) groups is 1. The maximum Gasteiger partial charge on any atom is 0.397 e. The molecule has 0 amide bonds. The van der Waals surface area contributed by atoms with E-state index in [0.717, 1.165) is 64.2 Å². The summed E-state index contributed by atoms with van der Waals surface area (Å²) in [4.78, 5) is 12.8. The minimum Gasteiger partial charge on any atom is -0.457 e. The van der Waals surface area contributed by atoms with Gasteiger partial charge in [-0.15, -0.1) is 0 Å². The molecule has 1 fully saturated rings. The van der Waals surface area contributed by atoms with E-state index in [1.807, 2.05) is 12.2 Å². The molecule has 0 aromatic rings. The summed E-state index contributed by atoms with van der Waals surface area (Å²) in [6.07, 6.45) is 40.7. The summed E-state index contributed by atoms with van der Waals surface area (Å²) in [5.41, 5.74) is 0. The molecule has 1 aliphatic rings. The Kier molecular flexibility index (Phi) is 35.0. The van der Waals surface area contributed by atoms with Gasteiger partial charge in [0.25, 0.3) is 0 Å². The summed E-state index contributed by atoms with van der Waals surface area (Å²) in [5.74, 6) is -0.531. The highest BCUT2D eigenvalue weighted by Gasteiger charge is 2.48. The van der Waals surface area contributed by atoms with Crippen molar-refractivity contribution in [2.45, 2.75) is 179 Å². The maximum absolute atomic E-state index is 12.8. The van der Waals surface area contributed by atoms with Gasteiger partial charge in [0, 0.05) is 6.61 Å². The Bertz CT molecular complexity index is 1370. The van der Waals surface area contributed by atoms with Crippen LogP contribution in [0.1, 0.15) is 142 Å². The topological polar surface area (TPSA) is 178 Å². The largest absolute Gasteiger partial charge is 0.457 e. The average Bonchev–Trinajstić information content (AvgIpc) is 3.22. The van der Waals surface area contributed by atoms with Crippen LogP contribution in [0.2, 0.25) is 0 Å². The number of aliphatic hydroxyl groups is 3. The van der Waals surface area contributed by atoms with Crippen LogP contribution in [0.3, 0.4) is 0 Å². The number of hydrogen-bond acceptors (Lipinski definition) is 11. The van der Waals surface area contributed by atoms with Gasteiger partial charge in [-0.25, -0.2) is 4.18 Å². The van der Waals surface area contributed by atoms with Crippen LogP contribution in [0, 0.1) is 0 Å². The average molecular weight is 867 g/mol. The van der Waals surface area contributed by atoms with Gasteiger partial charge in [-0.3, -0.25) is 9.35 Å². The fourth-order valence-corrected chi connectivity index (χ4v) is 6.70. The summed E-state index contributed by atoms with van der Waals surface area (Å²) in [7, 11) is -5.08.